The van der Waals surface area contributed by atoms with Crippen LogP contribution in [-0.2, 0) is 0 Å². The number of anilines is 1. The van der Waals surface area contributed by atoms with Crippen LogP contribution in [0.15, 0.2) is 4.79 Å². The highest BCUT2D eigenvalue weighted by atomic mass is 127. The SMILES string of the molecule is Cc1nc2c3c(nc(=O)n2I)N2CC(C)N(C)CC2COc3c1Cl. The van der Waals surface area contributed by atoms with E-state index in [1.807, 2.05) is 29.8 Å². The molecular formula is C15H17ClIN5O2. The van der Waals surface area contributed by atoms with E-state index in [-0.39, 0.29) is 11.7 Å². The fourth-order valence-corrected chi connectivity index (χ4v) is 4.02. The van der Waals surface area contributed by atoms with Crippen LogP contribution in [0, 0.1) is 6.92 Å². The molecule has 2 aromatic heterocycles. The Bertz CT molecular complexity index is 902. The van der Waals surface area contributed by atoms with Crippen molar-refractivity contribution in [1.82, 2.24) is 17.6 Å². The highest BCUT2D eigenvalue weighted by Crippen LogP contribution is 2.42. The molecule has 2 atom stereocenters. The molecule has 1 saturated heterocycles. The van der Waals surface area contributed by atoms with Crippen LogP contribution in [0.25, 0.3) is 11.0 Å². The lowest BCUT2D eigenvalue weighted by molar-refractivity contribution is 0.166. The predicted octanol–water partition coefficient (Wildman–Crippen LogP) is 1.85. The van der Waals surface area contributed by atoms with Gasteiger partial charge in [-0.05, 0) is 20.9 Å². The van der Waals surface area contributed by atoms with Crippen LogP contribution in [0.2, 0.25) is 5.02 Å². The van der Waals surface area contributed by atoms with E-state index in [9.17, 15) is 4.79 Å². The fraction of sp³-hybridized carbons (Fsp3) is 0.533. The lowest BCUT2D eigenvalue weighted by atomic mass is 10.1. The first-order chi connectivity index (χ1) is 11.4. The van der Waals surface area contributed by atoms with Crippen LogP contribution in [0.5, 0.6) is 5.75 Å². The van der Waals surface area contributed by atoms with Crippen molar-refractivity contribution in [3.63, 3.8) is 0 Å². The molecule has 7 nitrogen and oxygen atoms in total. The zero-order chi connectivity index (χ0) is 17.2. The van der Waals surface area contributed by atoms with E-state index < -0.39 is 0 Å². The summed E-state index contributed by atoms with van der Waals surface area (Å²) in [6.07, 6.45) is 0. The topological polar surface area (TPSA) is 63.5 Å². The molecule has 2 aliphatic rings. The minimum absolute atomic E-state index is 0.120. The van der Waals surface area contributed by atoms with Crippen molar-refractivity contribution in [3.8, 4) is 5.75 Å². The average molecular weight is 462 g/mol. The Morgan fingerprint density at radius 2 is 2.08 bits per heavy atom. The van der Waals surface area contributed by atoms with Crippen LogP contribution in [-0.4, -0.2) is 56.5 Å². The zero-order valence-corrected chi connectivity index (χ0v) is 16.5. The van der Waals surface area contributed by atoms with Crippen LogP contribution in [0.3, 0.4) is 0 Å². The van der Waals surface area contributed by atoms with Gasteiger partial charge in [0.05, 0.1) is 34.6 Å². The molecule has 1 fully saturated rings. The van der Waals surface area contributed by atoms with Gasteiger partial charge in [0.2, 0.25) is 0 Å². The molecule has 0 radical (unpaired) electrons. The summed E-state index contributed by atoms with van der Waals surface area (Å²) in [6.45, 7) is 6.11. The number of hydrogen-bond acceptors (Lipinski definition) is 6. The Morgan fingerprint density at radius 3 is 2.83 bits per heavy atom. The standard InChI is InChI=1S/C15H17ClIN5O2/c1-7-4-21-9(5-20(7)3)6-24-12-10-13(21)19-15(23)22(17)14(10)18-8(2)11(12)16/h7,9H,4-6H2,1-3H3. The number of aromatic nitrogens is 3. The van der Waals surface area contributed by atoms with Crippen molar-refractivity contribution in [2.24, 2.45) is 0 Å². The Labute approximate surface area is 158 Å². The second-order valence-corrected chi connectivity index (χ2v) is 7.79. The van der Waals surface area contributed by atoms with Crippen molar-refractivity contribution in [2.75, 3.05) is 31.6 Å². The maximum absolute atomic E-state index is 12.4. The zero-order valence-electron chi connectivity index (χ0n) is 13.6. The normalized spacial score (nSPS) is 23.8. The first kappa shape index (κ1) is 16.3. The van der Waals surface area contributed by atoms with Crippen LogP contribution in [0.4, 0.5) is 5.82 Å². The second-order valence-electron chi connectivity index (χ2n) is 6.44. The molecule has 0 aliphatic carbocycles. The second kappa shape index (κ2) is 5.70. The van der Waals surface area contributed by atoms with Crippen molar-refractivity contribution in [1.29, 1.82) is 0 Å². The van der Waals surface area contributed by atoms with Crippen molar-refractivity contribution >= 4 is 51.3 Å². The number of fused-ring (bicyclic) bond motifs is 2. The van der Waals surface area contributed by atoms with E-state index in [0.717, 1.165) is 18.5 Å². The molecule has 0 aromatic carbocycles. The number of piperazine rings is 1. The van der Waals surface area contributed by atoms with Gasteiger partial charge in [-0.25, -0.2) is 12.6 Å². The van der Waals surface area contributed by atoms with E-state index in [0.29, 0.717) is 40.6 Å². The first-order valence-corrected chi connectivity index (χ1v) is 9.11. The smallest absolute Gasteiger partial charge is 0.360 e. The van der Waals surface area contributed by atoms with Gasteiger partial charge in [-0.1, -0.05) is 11.6 Å². The van der Waals surface area contributed by atoms with E-state index in [2.05, 4.69) is 33.7 Å². The third kappa shape index (κ3) is 2.30. The average Bonchev–Trinajstić information content (AvgIpc) is 2.68. The molecule has 9 heteroatoms. The van der Waals surface area contributed by atoms with E-state index in [4.69, 9.17) is 16.3 Å². The summed E-state index contributed by atoms with van der Waals surface area (Å²) < 4.78 is 7.50. The Kier molecular flexibility index (Phi) is 3.88. The summed E-state index contributed by atoms with van der Waals surface area (Å²) in [5, 5.41) is 1.21. The number of nitrogens with zero attached hydrogens (tertiary/aromatic N) is 5. The molecule has 24 heavy (non-hydrogen) atoms. The highest BCUT2D eigenvalue weighted by Gasteiger charge is 2.36. The molecular weight excluding hydrogens is 445 g/mol. The molecule has 2 unspecified atom stereocenters. The molecule has 2 aromatic rings. The fourth-order valence-electron chi connectivity index (χ4n) is 3.37. The quantitative estimate of drug-likeness (QED) is 0.558. The maximum Gasteiger partial charge on any atom is 0.360 e. The number of rotatable bonds is 0. The highest BCUT2D eigenvalue weighted by molar-refractivity contribution is 14.1. The molecule has 0 spiro atoms. The van der Waals surface area contributed by atoms with Gasteiger partial charge in [-0.3, -0.25) is 4.90 Å². The van der Waals surface area contributed by atoms with E-state index in [1.165, 1.54) is 2.78 Å². The number of aryl methyl sites for hydroxylation is 1. The Morgan fingerprint density at radius 1 is 1.33 bits per heavy atom. The molecule has 0 bridgehead atoms. The Balaban J connectivity index is 2.05. The summed E-state index contributed by atoms with van der Waals surface area (Å²) >= 11 is 8.39. The lowest BCUT2D eigenvalue weighted by Crippen LogP contribution is -2.58. The molecule has 0 N–H and O–H groups in total. The minimum Gasteiger partial charge on any atom is -0.489 e. The molecule has 0 saturated carbocycles. The monoisotopic (exact) mass is 461 g/mol. The summed E-state index contributed by atoms with van der Waals surface area (Å²) in [4.78, 5) is 25.7. The Hall–Kier alpha value is -1.13. The molecule has 4 heterocycles. The third-order valence-corrected chi connectivity index (χ3v) is 6.18. The van der Waals surface area contributed by atoms with Crippen molar-refractivity contribution in [3.05, 3.63) is 21.2 Å². The van der Waals surface area contributed by atoms with Gasteiger partial charge in [0.15, 0.2) is 11.4 Å². The van der Waals surface area contributed by atoms with Crippen LogP contribution < -0.4 is 15.3 Å². The minimum atomic E-state index is -0.328. The van der Waals surface area contributed by atoms with Gasteiger partial charge in [-0.2, -0.15) is 4.98 Å². The first-order valence-electron chi connectivity index (χ1n) is 7.77. The molecule has 0 amide bonds. The van der Waals surface area contributed by atoms with Crippen molar-refractivity contribution < 1.29 is 4.74 Å². The largest absolute Gasteiger partial charge is 0.489 e. The summed E-state index contributed by atoms with van der Waals surface area (Å²) in [5.74, 6) is 1.21. The molecule has 4 rings (SSSR count). The molecule has 2 aliphatic heterocycles. The maximum atomic E-state index is 12.4. The van der Waals surface area contributed by atoms with E-state index >= 15 is 0 Å². The number of ether oxygens (including phenoxy) is 1. The van der Waals surface area contributed by atoms with Gasteiger partial charge in [0, 0.05) is 19.1 Å². The van der Waals surface area contributed by atoms with Crippen molar-refractivity contribution in [2.45, 2.75) is 25.9 Å². The number of hydrogen-bond donors (Lipinski definition) is 0. The summed E-state index contributed by atoms with van der Waals surface area (Å²) in [7, 11) is 2.10. The lowest BCUT2D eigenvalue weighted by Gasteiger charge is -2.43. The van der Waals surface area contributed by atoms with Gasteiger partial charge < -0.3 is 9.64 Å². The number of halogens is 2. The van der Waals surface area contributed by atoms with E-state index in [1.54, 1.807) is 0 Å². The van der Waals surface area contributed by atoms with Gasteiger partial charge in [0.25, 0.3) is 0 Å². The number of likely N-dealkylation sites (N-methyl/N-ethyl adjacent to an activating group) is 1. The van der Waals surface area contributed by atoms with Crippen LogP contribution in [0.1, 0.15) is 12.6 Å². The molecule has 128 valence electrons. The van der Waals surface area contributed by atoms with Gasteiger partial charge >= 0.3 is 5.69 Å². The predicted molar refractivity (Wildman–Crippen MR) is 102 cm³/mol. The van der Waals surface area contributed by atoms with Gasteiger partial charge in [0.1, 0.15) is 22.8 Å². The number of pyridine rings is 1. The third-order valence-electron chi connectivity index (χ3n) is 4.87. The summed E-state index contributed by atoms with van der Waals surface area (Å²) in [5.41, 5.74) is 0.867. The van der Waals surface area contributed by atoms with Crippen LogP contribution >= 0.6 is 34.5 Å². The summed E-state index contributed by atoms with van der Waals surface area (Å²) in [6, 6.07) is 0.477. The van der Waals surface area contributed by atoms with Gasteiger partial charge in [-0.15, -0.1) is 0 Å².